The summed E-state index contributed by atoms with van der Waals surface area (Å²) in [6, 6.07) is 13.3. The monoisotopic (exact) mass is 336 g/mol. The van der Waals surface area contributed by atoms with E-state index in [9.17, 15) is 20.2 Å². The van der Waals surface area contributed by atoms with Crippen LogP contribution in [0.4, 0.5) is 17.1 Å². The number of nitrogens with zero attached hydrogens (tertiary/aromatic N) is 2. The van der Waals surface area contributed by atoms with Crippen LogP contribution in [0, 0.1) is 35.3 Å². The number of hydrogen-bond donors (Lipinski definition) is 2. The Labute approximate surface area is 144 Å². The zero-order chi connectivity index (χ0) is 18.4. The van der Waals surface area contributed by atoms with E-state index in [1.807, 2.05) is 32.0 Å². The zero-order valence-corrected chi connectivity index (χ0v) is 13.7. The van der Waals surface area contributed by atoms with Crippen molar-refractivity contribution in [3.63, 3.8) is 0 Å². The second kappa shape index (κ2) is 7.75. The molecule has 2 rings (SSSR count). The van der Waals surface area contributed by atoms with Crippen LogP contribution in [-0.2, 0) is 4.79 Å². The number of nitro benzene ring substituents is 1. The highest BCUT2D eigenvalue weighted by Gasteiger charge is 2.17. The van der Waals surface area contributed by atoms with Gasteiger partial charge in [-0.2, -0.15) is 5.26 Å². The highest BCUT2D eigenvalue weighted by atomic mass is 16.6. The van der Waals surface area contributed by atoms with E-state index in [0.717, 1.165) is 16.8 Å². The van der Waals surface area contributed by atoms with Gasteiger partial charge in [0.2, 0.25) is 0 Å². The summed E-state index contributed by atoms with van der Waals surface area (Å²) in [6.45, 7) is 3.88. The third-order valence-corrected chi connectivity index (χ3v) is 3.32. The molecule has 126 valence electrons. The Morgan fingerprint density at radius 3 is 2.44 bits per heavy atom. The van der Waals surface area contributed by atoms with Gasteiger partial charge in [0.15, 0.2) is 0 Å². The molecule has 0 heterocycles. The van der Waals surface area contributed by atoms with Gasteiger partial charge in [-0.1, -0.05) is 18.2 Å². The van der Waals surface area contributed by atoms with Crippen LogP contribution in [0.15, 0.2) is 54.2 Å². The number of anilines is 2. The molecular weight excluding hydrogens is 320 g/mol. The number of nitriles is 1. The standard InChI is InChI=1S/C18H16N4O3/c1-12-7-13(2)9-15(8-12)20-11-14(10-19)18(23)21-16-5-3-4-6-17(16)22(24)25/h3-9,11,20H,1-2H3,(H,21,23)/b14-11-. The van der Waals surface area contributed by atoms with Gasteiger partial charge in [-0.25, -0.2) is 0 Å². The Morgan fingerprint density at radius 1 is 1.20 bits per heavy atom. The van der Waals surface area contributed by atoms with Gasteiger partial charge in [-0.15, -0.1) is 0 Å². The van der Waals surface area contributed by atoms with Gasteiger partial charge < -0.3 is 10.6 Å². The summed E-state index contributed by atoms with van der Waals surface area (Å²) < 4.78 is 0. The molecule has 7 nitrogen and oxygen atoms in total. The minimum absolute atomic E-state index is 0.0325. The van der Waals surface area contributed by atoms with E-state index in [0.29, 0.717) is 0 Å². The molecule has 2 aromatic carbocycles. The molecule has 0 unspecified atom stereocenters. The average Bonchev–Trinajstić information content (AvgIpc) is 2.54. The number of para-hydroxylation sites is 2. The lowest BCUT2D eigenvalue weighted by atomic mass is 10.1. The number of hydrogen-bond acceptors (Lipinski definition) is 5. The van der Waals surface area contributed by atoms with E-state index < -0.39 is 10.8 Å². The maximum atomic E-state index is 12.2. The lowest BCUT2D eigenvalue weighted by molar-refractivity contribution is -0.383. The van der Waals surface area contributed by atoms with Gasteiger partial charge in [0.25, 0.3) is 11.6 Å². The topological polar surface area (TPSA) is 108 Å². The van der Waals surface area contributed by atoms with E-state index in [1.54, 1.807) is 12.1 Å². The van der Waals surface area contributed by atoms with Crippen molar-refractivity contribution in [1.29, 1.82) is 5.26 Å². The molecule has 0 spiro atoms. The SMILES string of the molecule is Cc1cc(C)cc(N/C=C(/C#N)C(=O)Nc2ccccc2[N+](=O)[O-])c1. The van der Waals surface area contributed by atoms with Crippen LogP contribution in [0.2, 0.25) is 0 Å². The van der Waals surface area contributed by atoms with Gasteiger partial charge in [0, 0.05) is 18.0 Å². The lowest BCUT2D eigenvalue weighted by Gasteiger charge is -2.07. The smallest absolute Gasteiger partial charge is 0.292 e. The Balaban J connectivity index is 2.19. The number of nitro groups is 1. The van der Waals surface area contributed by atoms with Crippen molar-refractivity contribution >= 4 is 23.0 Å². The molecule has 0 aromatic heterocycles. The highest BCUT2D eigenvalue weighted by Crippen LogP contribution is 2.23. The molecule has 2 N–H and O–H groups in total. The molecule has 0 saturated heterocycles. The first-order valence-electron chi connectivity index (χ1n) is 7.40. The van der Waals surface area contributed by atoms with Crippen molar-refractivity contribution in [3.8, 4) is 6.07 Å². The van der Waals surface area contributed by atoms with Crippen LogP contribution in [0.25, 0.3) is 0 Å². The van der Waals surface area contributed by atoms with Gasteiger partial charge >= 0.3 is 0 Å². The van der Waals surface area contributed by atoms with E-state index >= 15 is 0 Å². The molecule has 0 aliphatic carbocycles. The number of aryl methyl sites for hydroxylation is 2. The molecular formula is C18H16N4O3. The molecule has 1 amide bonds. The molecule has 0 aliphatic rings. The van der Waals surface area contributed by atoms with Crippen LogP contribution in [0.1, 0.15) is 11.1 Å². The van der Waals surface area contributed by atoms with Crippen molar-refractivity contribution in [2.75, 3.05) is 10.6 Å². The molecule has 0 atom stereocenters. The maximum absolute atomic E-state index is 12.2. The second-order valence-corrected chi connectivity index (χ2v) is 5.42. The van der Waals surface area contributed by atoms with Crippen LogP contribution in [0.3, 0.4) is 0 Å². The molecule has 0 bridgehead atoms. The second-order valence-electron chi connectivity index (χ2n) is 5.42. The Bertz CT molecular complexity index is 877. The normalized spacial score (nSPS) is 10.7. The average molecular weight is 336 g/mol. The molecule has 0 radical (unpaired) electrons. The molecule has 25 heavy (non-hydrogen) atoms. The van der Waals surface area contributed by atoms with Gasteiger partial charge in [-0.05, 0) is 43.2 Å². The summed E-state index contributed by atoms with van der Waals surface area (Å²) in [7, 11) is 0. The largest absolute Gasteiger partial charge is 0.360 e. The summed E-state index contributed by atoms with van der Waals surface area (Å²) in [5.74, 6) is -0.728. The van der Waals surface area contributed by atoms with Crippen molar-refractivity contribution in [2.45, 2.75) is 13.8 Å². The first-order chi connectivity index (χ1) is 11.9. The third kappa shape index (κ3) is 4.65. The van der Waals surface area contributed by atoms with E-state index in [2.05, 4.69) is 10.6 Å². The van der Waals surface area contributed by atoms with Gasteiger partial charge in [0.1, 0.15) is 17.3 Å². The van der Waals surface area contributed by atoms with E-state index in [4.69, 9.17) is 0 Å². The molecule has 0 aliphatic heterocycles. The Morgan fingerprint density at radius 2 is 1.84 bits per heavy atom. The quantitative estimate of drug-likeness (QED) is 0.375. The Hall–Kier alpha value is -3.66. The van der Waals surface area contributed by atoms with Gasteiger partial charge in [-0.3, -0.25) is 14.9 Å². The summed E-state index contributed by atoms with van der Waals surface area (Å²) in [6.07, 6.45) is 1.28. The fraction of sp³-hybridized carbons (Fsp3) is 0.111. The fourth-order valence-electron chi connectivity index (χ4n) is 2.29. The number of carbonyl (C=O) groups is 1. The minimum atomic E-state index is -0.728. The van der Waals surface area contributed by atoms with Crippen molar-refractivity contribution < 1.29 is 9.72 Å². The van der Waals surface area contributed by atoms with Gasteiger partial charge in [0.05, 0.1) is 4.92 Å². The van der Waals surface area contributed by atoms with Crippen molar-refractivity contribution in [3.05, 3.63) is 75.5 Å². The number of carbonyl (C=O) groups excluding carboxylic acids is 1. The summed E-state index contributed by atoms with van der Waals surface area (Å²) >= 11 is 0. The Kier molecular flexibility index (Phi) is 5.48. The summed E-state index contributed by atoms with van der Waals surface area (Å²) in [4.78, 5) is 22.6. The molecule has 7 heteroatoms. The highest BCUT2D eigenvalue weighted by molar-refractivity contribution is 6.07. The predicted molar refractivity (Wildman–Crippen MR) is 95.0 cm³/mol. The minimum Gasteiger partial charge on any atom is -0.360 e. The third-order valence-electron chi connectivity index (χ3n) is 3.32. The van der Waals surface area contributed by atoms with Crippen molar-refractivity contribution in [2.24, 2.45) is 0 Å². The zero-order valence-electron chi connectivity index (χ0n) is 13.7. The first-order valence-corrected chi connectivity index (χ1v) is 7.40. The maximum Gasteiger partial charge on any atom is 0.292 e. The summed E-state index contributed by atoms with van der Waals surface area (Å²) in [5.41, 5.74) is 2.42. The number of nitrogens with one attached hydrogen (secondary N) is 2. The van der Waals surface area contributed by atoms with Crippen LogP contribution >= 0.6 is 0 Å². The van der Waals surface area contributed by atoms with Crippen LogP contribution in [-0.4, -0.2) is 10.8 Å². The number of rotatable bonds is 5. The predicted octanol–water partition coefficient (Wildman–Crippen LogP) is 3.67. The molecule has 0 saturated carbocycles. The molecule has 2 aromatic rings. The first kappa shape index (κ1) is 17.7. The van der Waals surface area contributed by atoms with Crippen LogP contribution in [0.5, 0.6) is 0 Å². The molecule has 0 fully saturated rings. The lowest BCUT2D eigenvalue weighted by Crippen LogP contribution is -2.15. The van der Waals surface area contributed by atoms with E-state index in [1.165, 1.54) is 24.4 Å². The van der Waals surface area contributed by atoms with E-state index in [-0.39, 0.29) is 16.9 Å². The summed E-state index contributed by atoms with van der Waals surface area (Å²) in [5, 5.41) is 25.5. The van der Waals surface area contributed by atoms with Crippen LogP contribution < -0.4 is 10.6 Å². The van der Waals surface area contributed by atoms with Crippen molar-refractivity contribution in [1.82, 2.24) is 0 Å². The number of amides is 1. The fourth-order valence-corrected chi connectivity index (χ4v) is 2.29. The number of benzene rings is 2.